The lowest BCUT2D eigenvalue weighted by molar-refractivity contribution is -0.191. The van der Waals surface area contributed by atoms with E-state index in [0.29, 0.717) is 31.3 Å². The minimum Gasteiger partial charge on any atom is -0.462 e. The molecule has 4 nitrogen and oxygen atoms in total. The zero-order valence-corrected chi connectivity index (χ0v) is 23.0. The summed E-state index contributed by atoms with van der Waals surface area (Å²) in [5.74, 6) is 0.670. The average Bonchev–Trinajstić information content (AvgIpc) is 2.96. The fourth-order valence-corrected chi connectivity index (χ4v) is 5.73. The molecule has 0 spiro atoms. The molecule has 1 saturated heterocycles. The van der Waals surface area contributed by atoms with Crippen LogP contribution in [0.15, 0.2) is 42.5 Å². The number of carbonyl (C=O) groups is 1. The van der Waals surface area contributed by atoms with Crippen molar-refractivity contribution in [1.29, 1.82) is 0 Å². The molecular formula is C33H46O4. The first-order valence-electron chi connectivity index (χ1n) is 14.8. The van der Waals surface area contributed by atoms with Crippen LogP contribution in [0, 0.1) is 0 Å². The molecule has 1 heterocycles. The van der Waals surface area contributed by atoms with E-state index in [1.807, 2.05) is 24.3 Å². The smallest absolute Gasteiger partial charge is 0.338 e. The Morgan fingerprint density at radius 3 is 2.24 bits per heavy atom. The van der Waals surface area contributed by atoms with Crippen molar-refractivity contribution in [2.75, 3.05) is 19.8 Å². The third-order valence-electron chi connectivity index (χ3n) is 8.00. The van der Waals surface area contributed by atoms with Crippen LogP contribution in [0.3, 0.4) is 0 Å². The summed E-state index contributed by atoms with van der Waals surface area (Å²) in [4.78, 5) is 12.3. The van der Waals surface area contributed by atoms with Gasteiger partial charge in [0.15, 0.2) is 6.29 Å². The third-order valence-corrected chi connectivity index (χ3v) is 8.00. The number of carbonyl (C=O) groups excluding carboxylic acids is 1. The molecule has 2 aromatic carbocycles. The second-order valence-electron chi connectivity index (χ2n) is 10.9. The summed E-state index contributed by atoms with van der Waals surface area (Å²) in [5.41, 5.74) is 5.96. The van der Waals surface area contributed by atoms with Crippen molar-refractivity contribution in [3.63, 3.8) is 0 Å². The Morgan fingerprint density at radius 2 is 1.54 bits per heavy atom. The van der Waals surface area contributed by atoms with E-state index in [-0.39, 0.29) is 11.9 Å². The number of benzene rings is 2. The molecule has 2 fully saturated rings. The predicted octanol–water partition coefficient (Wildman–Crippen LogP) is 8.64. The highest BCUT2D eigenvalue weighted by Gasteiger charge is 2.29. The van der Waals surface area contributed by atoms with E-state index in [4.69, 9.17) is 14.2 Å². The molecule has 2 aromatic rings. The van der Waals surface area contributed by atoms with E-state index in [1.54, 1.807) is 5.56 Å². The summed E-state index contributed by atoms with van der Waals surface area (Å²) in [7, 11) is 0. The Morgan fingerprint density at radius 1 is 0.811 bits per heavy atom. The maximum atomic E-state index is 12.3. The van der Waals surface area contributed by atoms with Gasteiger partial charge in [0, 0.05) is 11.5 Å². The van der Waals surface area contributed by atoms with Crippen LogP contribution in [-0.4, -0.2) is 25.8 Å². The molecule has 1 aliphatic carbocycles. The molecule has 202 valence electrons. The predicted molar refractivity (Wildman–Crippen MR) is 149 cm³/mol. The number of aryl methyl sites for hydroxylation is 1. The Bertz CT molecular complexity index is 953. The van der Waals surface area contributed by atoms with Crippen LogP contribution in [0.4, 0.5) is 0 Å². The van der Waals surface area contributed by atoms with Gasteiger partial charge in [0.05, 0.1) is 25.4 Å². The third kappa shape index (κ3) is 7.91. The molecule has 0 N–H and O–H groups in total. The fraction of sp³-hybridized carbons (Fsp3) is 0.606. The van der Waals surface area contributed by atoms with Crippen molar-refractivity contribution in [2.45, 2.75) is 109 Å². The number of hydrogen-bond donors (Lipinski definition) is 0. The van der Waals surface area contributed by atoms with Gasteiger partial charge in [-0.15, -0.1) is 0 Å². The Hall–Kier alpha value is -2.17. The van der Waals surface area contributed by atoms with Gasteiger partial charge in [-0.05, 0) is 66.8 Å². The molecule has 0 bridgehead atoms. The minimum atomic E-state index is -0.391. The van der Waals surface area contributed by atoms with Crippen LogP contribution < -0.4 is 0 Å². The summed E-state index contributed by atoms with van der Waals surface area (Å²) < 4.78 is 17.9. The topological polar surface area (TPSA) is 44.8 Å². The molecule has 2 aliphatic rings. The maximum absolute atomic E-state index is 12.3. The largest absolute Gasteiger partial charge is 0.462 e. The molecule has 0 amide bonds. The van der Waals surface area contributed by atoms with Crippen LogP contribution in [-0.2, 0) is 20.6 Å². The Balaban J connectivity index is 1.35. The van der Waals surface area contributed by atoms with Gasteiger partial charge in [0.25, 0.3) is 0 Å². The second kappa shape index (κ2) is 14.7. The fourth-order valence-electron chi connectivity index (χ4n) is 5.73. The van der Waals surface area contributed by atoms with Gasteiger partial charge >= 0.3 is 5.97 Å². The van der Waals surface area contributed by atoms with Gasteiger partial charge in [-0.1, -0.05) is 89.1 Å². The quantitative estimate of drug-likeness (QED) is 0.213. The number of rotatable bonds is 12. The van der Waals surface area contributed by atoms with E-state index in [1.165, 1.54) is 75.3 Å². The van der Waals surface area contributed by atoms with Crippen molar-refractivity contribution in [3.05, 3.63) is 70.3 Å². The summed E-state index contributed by atoms with van der Waals surface area (Å²) in [5, 5.41) is 0. The lowest BCUT2D eigenvalue weighted by atomic mass is 9.78. The van der Waals surface area contributed by atoms with Gasteiger partial charge in [-0.2, -0.15) is 0 Å². The van der Waals surface area contributed by atoms with Gasteiger partial charge in [-0.3, -0.25) is 0 Å². The molecule has 4 rings (SSSR count). The van der Waals surface area contributed by atoms with Crippen LogP contribution in [0.5, 0.6) is 0 Å². The first-order valence-corrected chi connectivity index (χ1v) is 14.8. The lowest BCUT2D eigenvalue weighted by Crippen LogP contribution is -2.27. The van der Waals surface area contributed by atoms with Crippen molar-refractivity contribution < 1.29 is 19.0 Å². The monoisotopic (exact) mass is 506 g/mol. The summed E-state index contributed by atoms with van der Waals surface area (Å²) in [6, 6.07) is 14.7. The summed E-state index contributed by atoms with van der Waals surface area (Å²) >= 11 is 0. The van der Waals surface area contributed by atoms with Crippen molar-refractivity contribution in [2.24, 2.45) is 0 Å². The molecule has 0 aromatic heterocycles. The SMILES string of the molecule is CCCCCCOC(=O)c1ccc(C2OCC(c3ccc(CCCC)cc3C3CCCCC3)CO2)cc1. The first kappa shape index (κ1) is 27.9. The highest BCUT2D eigenvalue weighted by molar-refractivity contribution is 5.89. The van der Waals surface area contributed by atoms with Crippen LogP contribution in [0.2, 0.25) is 0 Å². The van der Waals surface area contributed by atoms with E-state index >= 15 is 0 Å². The van der Waals surface area contributed by atoms with Gasteiger partial charge in [-0.25, -0.2) is 4.79 Å². The van der Waals surface area contributed by atoms with Crippen molar-refractivity contribution in [3.8, 4) is 0 Å². The zero-order chi connectivity index (χ0) is 25.9. The highest BCUT2D eigenvalue weighted by Crippen LogP contribution is 2.39. The van der Waals surface area contributed by atoms with Crippen molar-refractivity contribution in [1.82, 2.24) is 0 Å². The lowest BCUT2D eigenvalue weighted by Gasteiger charge is -2.33. The number of esters is 1. The van der Waals surface area contributed by atoms with E-state index in [2.05, 4.69) is 32.0 Å². The molecule has 0 radical (unpaired) electrons. The second-order valence-corrected chi connectivity index (χ2v) is 10.9. The first-order chi connectivity index (χ1) is 18.2. The number of ether oxygens (including phenoxy) is 3. The van der Waals surface area contributed by atoms with Crippen LogP contribution >= 0.6 is 0 Å². The maximum Gasteiger partial charge on any atom is 0.338 e. The van der Waals surface area contributed by atoms with Crippen LogP contribution in [0.25, 0.3) is 0 Å². The number of unbranched alkanes of at least 4 members (excludes halogenated alkanes) is 4. The molecule has 4 heteroatoms. The molecule has 1 saturated carbocycles. The molecule has 37 heavy (non-hydrogen) atoms. The standard InChI is InChI=1S/C33H46O4/c1-3-5-7-11-21-35-32(34)27-16-18-28(19-17-27)33-36-23-29(24-37-33)30-20-15-25(12-6-4-2)22-31(30)26-13-9-8-10-14-26/h15-20,22,26,29,33H,3-14,21,23-24H2,1-2H3. The average molecular weight is 507 g/mol. The summed E-state index contributed by atoms with van der Waals surface area (Å²) in [6.45, 7) is 6.23. The summed E-state index contributed by atoms with van der Waals surface area (Å²) in [6.07, 6.45) is 14.3. The van der Waals surface area contributed by atoms with E-state index in [9.17, 15) is 4.79 Å². The van der Waals surface area contributed by atoms with Crippen LogP contribution in [0.1, 0.15) is 135 Å². The number of hydrogen-bond acceptors (Lipinski definition) is 4. The molecule has 1 aliphatic heterocycles. The Labute approximate surface area is 224 Å². The normalized spacial score (nSPS) is 20.6. The van der Waals surface area contributed by atoms with Gasteiger partial charge in [0.1, 0.15) is 0 Å². The zero-order valence-electron chi connectivity index (χ0n) is 23.0. The van der Waals surface area contributed by atoms with Gasteiger partial charge < -0.3 is 14.2 Å². The van der Waals surface area contributed by atoms with Crippen molar-refractivity contribution >= 4 is 5.97 Å². The molecule has 0 atom stereocenters. The van der Waals surface area contributed by atoms with E-state index in [0.717, 1.165) is 18.4 Å². The highest BCUT2D eigenvalue weighted by atomic mass is 16.7. The van der Waals surface area contributed by atoms with Gasteiger partial charge in [0.2, 0.25) is 0 Å². The molecular weight excluding hydrogens is 460 g/mol. The Kier molecular flexibility index (Phi) is 11.1. The van der Waals surface area contributed by atoms with E-state index < -0.39 is 6.29 Å². The molecule has 0 unspecified atom stereocenters. The minimum absolute atomic E-state index is 0.258.